The molecule has 2 heterocycles. The van der Waals surface area contributed by atoms with Gasteiger partial charge in [-0.2, -0.15) is 13.2 Å². The van der Waals surface area contributed by atoms with E-state index in [4.69, 9.17) is 0 Å². The SMILES string of the molecule is O=C(/C=C/c1ccccc1)NCCc1cn2cc(C(F)(F)F)ccc2n1. The predicted octanol–water partition coefficient (Wildman–Crippen LogP) is 3.73. The molecule has 7 heteroatoms. The van der Waals surface area contributed by atoms with E-state index >= 15 is 0 Å². The second-order valence-electron chi connectivity index (χ2n) is 5.70. The number of amides is 1. The number of alkyl halides is 3. The van der Waals surface area contributed by atoms with Crippen molar-refractivity contribution in [3.63, 3.8) is 0 Å². The highest BCUT2D eigenvalue weighted by Crippen LogP contribution is 2.29. The zero-order valence-corrected chi connectivity index (χ0v) is 13.7. The van der Waals surface area contributed by atoms with E-state index < -0.39 is 11.7 Å². The lowest BCUT2D eigenvalue weighted by Crippen LogP contribution is -2.23. The number of nitrogens with one attached hydrogen (secondary N) is 1. The molecule has 0 atom stereocenters. The number of rotatable bonds is 5. The zero-order valence-electron chi connectivity index (χ0n) is 13.7. The lowest BCUT2D eigenvalue weighted by molar-refractivity contribution is -0.137. The van der Waals surface area contributed by atoms with E-state index in [1.54, 1.807) is 6.08 Å². The average Bonchev–Trinajstić information content (AvgIpc) is 3.02. The molecule has 0 fully saturated rings. The van der Waals surface area contributed by atoms with Gasteiger partial charge in [-0.15, -0.1) is 0 Å². The van der Waals surface area contributed by atoms with Gasteiger partial charge in [0.2, 0.25) is 5.91 Å². The minimum Gasteiger partial charge on any atom is -0.352 e. The molecule has 26 heavy (non-hydrogen) atoms. The van der Waals surface area contributed by atoms with Crippen molar-refractivity contribution >= 4 is 17.6 Å². The largest absolute Gasteiger partial charge is 0.417 e. The molecule has 0 radical (unpaired) electrons. The standard InChI is InChI=1S/C19H16F3N3O/c20-19(21,22)15-7-8-17-24-16(13-25(17)12-15)10-11-23-18(26)9-6-14-4-2-1-3-5-14/h1-9,12-13H,10-11H2,(H,23,26)/b9-6+. The first-order valence-electron chi connectivity index (χ1n) is 7.97. The van der Waals surface area contributed by atoms with Crippen molar-refractivity contribution in [3.8, 4) is 0 Å². The van der Waals surface area contributed by atoms with Crippen molar-refractivity contribution in [2.24, 2.45) is 0 Å². The number of imidazole rings is 1. The van der Waals surface area contributed by atoms with E-state index in [1.165, 1.54) is 22.7 Å². The maximum Gasteiger partial charge on any atom is 0.417 e. The van der Waals surface area contributed by atoms with Crippen LogP contribution in [0.4, 0.5) is 13.2 Å². The third kappa shape index (κ3) is 4.50. The van der Waals surface area contributed by atoms with Gasteiger partial charge >= 0.3 is 6.18 Å². The number of benzene rings is 1. The Morgan fingerprint density at radius 2 is 1.88 bits per heavy atom. The van der Waals surface area contributed by atoms with Crippen molar-refractivity contribution in [1.82, 2.24) is 14.7 Å². The summed E-state index contributed by atoms with van der Waals surface area (Å²) in [6.07, 6.45) is 1.72. The molecular weight excluding hydrogens is 343 g/mol. The van der Waals surface area contributed by atoms with Gasteiger partial charge in [0.1, 0.15) is 5.65 Å². The van der Waals surface area contributed by atoms with Crippen LogP contribution in [0.2, 0.25) is 0 Å². The molecule has 0 aliphatic carbocycles. The summed E-state index contributed by atoms with van der Waals surface area (Å²) in [5.74, 6) is -0.239. The highest BCUT2D eigenvalue weighted by Gasteiger charge is 2.30. The fourth-order valence-electron chi connectivity index (χ4n) is 2.44. The molecule has 0 saturated heterocycles. The fourth-order valence-corrected chi connectivity index (χ4v) is 2.44. The summed E-state index contributed by atoms with van der Waals surface area (Å²) in [5, 5.41) is 2.73. The zero-order chi connectivity index (χ0) is 18.6. The maximum atomic E-state index is 12.7. The van der Waals surface area contributed by atoms with Crippen LogP contribution in [0, 0.1) is 0 Å². The molecule has 134 valence electrons. The van der Waals surface area contributed by atoms with Gasteiger partial charge in [0.05, 0.1) is 11.3 Å². The highest BCUT2D eigenvalue weighted by atomic mass is 19.4. The van der Waals surface area contributed by atoms with Crippen molar-refractivity contribution in [2.45, 2.75) is 12.6 Å². The molecule has 3 rings (SSSR count). The Morgan fingerprint density at radius 1 is 1.12 bits per heavy atom. The number of hydrogen-bond donors (Lipinski definition) is 1. The Balaban J connectivity index is 1.56. The first kappa shape index (κ1) is 17.7. The summed E-state index contributed by atoms with van der Waals surface area (Å²) in [4.78, 5) is 16.0. The summed E-state index contributed by atoms with van der Waals surface area (Å²) < 4.78 is 39.5. The van der Waals surface area contributed by atoms with Crippen LogP contribution in [0.1, 0.15) is 16.8 Å². The van der Waals surface area contributed by atoms with Gasteiger partial charge in [0.25, 0.3) is 0 Å². The molecular formula is C19H16F3N3O. The normalized spacial score (nSPS) is 12.0. The molecule has 1 amide bonds. The molecule has 3 aromatic rings. The lowest BCUT2D eigenvalue weighted by Gasteiger charge is -2.05. The minimum absolute atomic E-state index is 0.239. The average molecular weight is 359 g/mol. The van der Waals surface area contributed by atoms with E-state index in [0.717, 1.165) is 17.8 Å². The number of nitrogens with zero attached hydrogens (tertiary/aromatic N) is 2. The summed E-state index contributed by atoms with van der Waals surface area (Å²) >= 11 is 0. The monoisotopic (exact) mass is 359 g/mol. The molecule has 1 N–H and O–H groups in total. The van der Waals surface area contributed by atoms with Gasteiger partial charge in [-0.05, 0) is 23.8 Å². The third-order valence-electron chi connectivity index (χ3n) is 3.74. The van der Waals surface area contributed by atoms with Crippen molar-refractivity contribution in [1.29, 1.82) is 0 Å². The molecule has 4 nitrogen and oxygen atoms in total. The second kappa shape index (κ2) is 7.43. The van der Waals surface area contributed by atoms with Gasteiger partial charge in [0.15, 0.2) is 0 Å². The molecule has 0 unspecified atom stereocenters. The lowest BCUT2D eigenvalue weighted by atomic mass is 10.2. The van der Waals surface area contributed by atoms with Gasteiger partial charge < -0.3 is 9.72 Å². The first-order chi connectivity index (χ1) is 12.4. The third-order valence-corrected chi connectivity index (χ3v) is 3.74. The van der Waals surface area contributed by atoms with Crippen LogP contribution in [-0.2, 0) is 17.4 Å². The molecule has 0 bridgehead atoms. The van der Waals surface area contributed by atoms with Crippen LogP contribution in [0.15, 0.2) is 60.9 Å². The number of carbonyl (C=O) groups is 1. The highest BCUT2D eigenvalue weighted by molar-refractivity contribution is 5.91. The minimum atomic E-state index is -4.39. The molecule has 0 aliphatic heterocycles. The molecule has 2 aromatic heterocycles. The molecule has 0 aliphatic rings. The predicted molar refractivity (Wildman–Crippen MR) is 92.4 cm³/mol. The number of halogens is 3. The summed E-state index contributed by atoms with van der Waals surface area (Å²) in [5.41, 5.74) is 1.23. The van der Waals surface area contributed by atoms with Gasteiger partial charge in [-0.25, -0.2) is 4.98 Å². The quantitative estimate of drug-likeness (QED) is 0.706. The van der Waals surface area contributed by atoms with Gasteiger partial charge in [-0.1, -0.05) is 30.3 Å². The number of hydrogen-bond acceptors (Lipinski definition) is 2. The van der Waals surface area contributed by atoms with Crippen LogP contribution in [0.25, 0.3) is 11.7 Å². The van der Waals surface area contributed by atoms with Gasteiger partial charge in [0, 0.05) is 31.4 Å². The number of carbonyl (C=O) groups excluding carboxylic acids is 1. The number of pyridine rings is 1. The fraction of sp³-hybridized carbons (Fsp3) is 0.158. The van der Waals surface area contributed by atoms with E-state index in [0.29, 0.717) is 24.3 Å². The Kier molecular flexibility index (Phi) is 5.06. The van der Waals surface area contributed by atoms with E-state index in [-0.39, 0.29) is 5.91 Å². The van der Waals surface area contributed by atoms with Crippen LogP contribution in [0.5, 0.6) is 0 Å². The van der Waals surface area contributed by atoms with E-state index in [9.17, 15) is 18.0 Å². The Labute approximate surface area is 148 Å². The van der Waals surface area contributed by atoms with Crippen molar-refractivity contribution in [3.05, 3.63) is 77.8 Å². The van der Waals surface area contributed by atoms with Crippen molar-refractivity contribution < 1.29 is 18.0 Å². The second-order valence-corrected chi connectivity index (χ2v) is 5.70. The number of fused-ring (bicyclic) bond motifs is 1. The number of aromatic nitrogens is 2. The van der Waals surface area contributed by atoms with Crippen LogP contribution < -0.4 is 5.32 Å². The maximum absolute atomic E-state index is 12.7. The van der Waals surface area contributed by atoms with E-state index in [2.05, 4.69) is 10.3 Å². The van der Waals surface area contributed by atoms with Gasteiger partial charge in [-0.3, -0.25) is 4.79 Å². The molecule has 0 saturated carbocycles. The Bertz CT molecular complexity index is 930. The molecule has 1 aromatic carbocycles. The van der Waals surface area contributed by atoms with Crippen molar-refractivity contribution in [2.75, 3.05) is 6.54 Å². The van der Waals surface area contributed by atoms with Crippen LogP contribution in [-0.4, -0.2) is 21.8 Å². The first-order valence-corrected chi connectivity index (χ1v) is 7.97. The molecule has 0 spiro atoms. The summed E-state index contributed by atoms with van der Waals surface area (Å²) in [7, 11) is 0. The Morgan fingerprint density at radius 3 is 2.62 bits per heavy atom. The smallest absolute Gasteiger partial charge is 0.352 e. The summed E-state index contributed by atoms with van der Waals surface area (Å²) in [6.45, 7) is 0.341. The summed E-state index contributed by atoms with van der Waals surface area (Å²) in [6, 6.07) is 11.8. The Hall–Kier alpha value is -3.09. The van der Waals surface area contributed by atoms with E-state index in [1.807, 2.05) is 30.3 Å². The van der Waals surface area contributed by atoms with Crippen LogP contribution >= 0.6 is 0 Å². The topological polar surface area (TPSA) is 46.4 Å². The van der Waals surface area contributed by atoms with Crippen LogP contribution in [0.3, 0.4) is 0 Å².